The van der Waals surface area contributed by atoms with Crippen LogP contribution in [0.25, 0.3) is 0 Å². The van der Waals surface area contributed by atoms with Gasteiger partial charge in [0.2, 0.25) is 0 Å². The van der Waals surface area contributed by atoms with E-state index in [0.29, 0.717) is 11.3 Å². The molecule has 1 heterocycles. The summed E-state index contributed by atoms with van der Waals surface area (Å²) in [5, 5.41) is 6.53. The van der Waals surface area contributed by atoms with Crippen LogP contribution < -0.4 is 15.8 Å². The molecule has 3 N–H and O–H groups in total. The molecule has 23 heavy (non-hydrogen) atoms. The van der Waals surface area contributed by atoms with Crippen molar-refractivity contribution in [2.45, 2.75) is 6.10 Å². The Hall–Kier alpha value is -2.87. The van der Waals surface area contributed by atoms with Gasteiger partial charge in [-0.05, 0) is 17.7 Å². The summed E-state index contributed by atoms with van der Waals surface area (Å²) in [6.07, 6.45) is 0.627. The highest BCUT2D eigenvalue weighted by molar-refractivity contribution is 6.02. The molecule has 0 bridgehead atoms. The summed E-state index contributed by atoms with van der Waals surface area (Å²) in [6.45, 7) is 0. The topological polar surface area (TPSA) is 108 Å². The molecule has 8 heteroatoms. The highest BCUT2D eigenvalue weighted by atomic mass is 16.5. The first-order chi connectivity index (χ1) is 11.0. The molecule has 0 aliphatic heterocycles. The molecule has 0 radical (unpaired) electrons. The third kappa shape index (κ3) is 3.67. The van der Waals surface area contributed by atoms with Crippen molar-refractivity contribution in [2.24, 2.45) is 12.8 Å². The van der Waals surface area contributed by atoms with Gasteiger partial charge in [0.25, 0.3) is 11.8 Å². The third-order valence-corrected chi connectivity index (χ3v) is 3.19. The van der Waals surface area contributed by atoms with Crippen molar-refractivity contribution >= 4 is 17.5 Å². The molecule has 1 atom stereocenters. The monoisotopic (exact) mass is 318 g/mol. The van der Waals surface area contributed by atoms with Gasteiger partial charge in [-0.3, -0.25) is 14.3 Å². The maximum absolute atomic E-state index is 12.5. The van der Waals surface area contributed by atoms with Crippen LogP contribution in [-0.2, 0) is 16.6 Å². The van der Waals surface area contributed by atoms with Gasteiger partial charge in [-0.1, -0.05) is 12.1 Å². The second-order valence-electron chi connectivity index (χ2n) is 4.81. The van der Waals surface area contributed by atoms with E-state index in [1.165, 1.54) is 25.1 Å². The zero-order valence-electron chi connectivity index (χ0n) is 13.1. The van der Waals surface area contributed by atoms with Crippen LogP contribution in [0.2, 0.25) is 0 Å². The number of hydrogen-bond donors (Lipinski definition) is 2. The van der Waals surface area contributed by atoms with E-state index < -0.39 is 17.9 Å². The summed E-state index contributed by atoms with van der Waals surface area (Å²) in [5.41, 5.74) is 6.09. The van der Waals surface area contributed by atoms with Crippen molar-refractivity contribution < 1.29 is 19.1 Å². The lowest BCUT2D eigenvalue weighted by molar-refractivity contribution is -0.126. The van der Waals surface area contributed by atoms with Crippen LogP contribution in [0.15, 0.2) is 30.5 Å². The van der Waals surface area contributed by atoms with E-state index in [1.54, 1.807) is 31.3 Å². The van der Waals surface area contributed by atoms with Gasteiger partial charge in [-0.25, -0.2) is 0 Å². The normalized spacial score (nSPS) is 11.8. The Morgan fingerprint density at radius 2 is 2.09 bits per heavy atom. The number of nitrogens with two attached hydrogens (primary N) is 1. The van der Waals surface area contributed by atoms with E-state index in [-0.39, 0.29) is 11.4 Å². The summed E-state index contributed by atoms with van der Waals surface area (Å²) < 4.78 is 11.8. The Morgan fingerprint density at radius 3 is 2.70 bits per heavy atom. The molecule has 0 spiro atoms. The number of rotatable bonds is 6. The quantitative estimate of drug-likeness (QED) is 0.821. The van der Waals surface area contributed by atoms with Crippen LogP contribution in [-0.4, -0.2) is 35.8 Å². The van der Waals surface area contributed by atoms with E-state index in [1.807, 2.05) is 0 Å². The number of benzene rings is 1. The number of nitrogens with one attached hydrogen (secondary N) is 1. The first kappa shape index (κ1) is 16.5. The van der Waals surface area contributed by atoms with Gasteiger partial charge in [0.1, 0.15) is 5.75 Å². The fourth-order valence-electron chi connectivity index (χ4n) is 2.16. The van der Waals surface area contributed by atoms with Crippen molar-refractivity contribution in [1.82, 2.24) is 9.78 Å². The first-order valence-electron chi connectivity index (χ1n) is 6.77. The van der Waals surface area contributed by atoms with E-state index in [2.05, 4.69) is 10.4 Å². The molecule has 0 fully saturated rings. The standard InChI is InChI=1S/C15H18N4O4/c1-19-8-11(12(18-19)14(16)20)17-15(21)13(23-3)9-5-4-6-10(7-9)22-2/h4-8,13H,1-3H3,(H2,16,20)(H,17,21). The van der Waals surface area contributed by atoms with Crippen LogP contribution in [0.3, 0.4) is 0 Å². The zero-order chi connectivity index (χ0) is 17.0. The van der Waals surface area contributed by atoms with Crippen molar-refractivity contribution in [3.05, 3.63) is 41.7 Å². The second kappa shape index (κ2) is 6.93. The molecule has 0 saturated carbocycles. The second-order valence-corrected chi connectivity index (χ2v) is 4.81. The van der Waals surface area contributed by atoms with Crippen LogP contribution in [0.4, 0.5) is 5.69 Å². The van der Waals surface area contributed by atoms with Gasteiger partial charge in [-0.2, -0.15) is 5.10 Å². The average Bonchev–Trinajstić information content (AvgIpc) is 2.89. The Morgan fingerprint density at radius 1 is 1.35 bits per heavy atom. The molecular weight excluding hydrogens is 300 g/mol. The minimum Gasteiger partial charge on any atom is -0.497 e. The lowest BCUT2D eigenvalue weighted by Gasteiger charge is -2.16. The Balaban J connectivity index is 2.25. The van der Waals surface area contributed by atoms with E-state index in [4.69, 9.17) is 15.2 Å². The predicted octanol–water partition coefficient (Wildman–Crippen LogP) is 0.854. The maximum atomic E-state index is 12.5. The molecule has 1 unspecified atom stereocenters. The van der Waals surface area contributed by atoms with E-state index in [0.717, 1.165) is 0 Å². The van der Waals surface area contributed by atoms with Gasteiger partial charge in [0.15, 0.2) is 11.8 Å². The van der Waals surface area contributed by atoms with Crippen molar-refractivity contribution in [1.29, 1.82) is 0 Å². The number of aryl methyl sites for hydroxylation is 1. The molecule has 0 aliphatic carbocycles. The van der Waals surface area contributed by atoms with Crippen LogP contribution in [0, 0.1) is 0 Å². The lowest BCUT2D eigenvalue weighted by atomic mass is 10.1. The lowest BCUT2D eigenvalue weighted by Crippen LogP contribution is -2.24. The van der Waals surface area contributed by atoms with Crippen LogP contribution in [0.1, 0.15) is 22.2 Å². The molecule has 2 rings (SSSR count). The van der Waals surface area contributed by atoms with Gasteiger partial charge in [0.05, 0.1) is 12.8 Å². The molecule has 0 aliphatic rings. The number of anilines is 1. The number of nitrogens with zero attached hydrogens (tertiary/aromatic N) is 2. The molecule has 1 aromatic carbocycles. The molecule has 0 saturated heterocycles. The smallest absolute Gasteiger partial charge is 0.271 e. The number of carbonyl (C=O) groups is 2. The fourth-order valence-corrected chi connectivity index (χ4v) is 2.16. The first-order valence-corrected chi connectivity index (χ1v) is 6.77. The number of amides is 2. The predicted molar refractivity (Wildman–Crippen MR) is 83.1 cm³/mol. The SMILES string of the molecule is COc1cccc(C(OC)C(=O)Nc2cn(C)nc2C(N)=O)c1. The Bertz CT molecular complexity index is 726. The van der Waals surface area contributed by atoms with E-state index in [9.17, 15) is 9.59 Å². The van der Waals surface area contributed by atoms with Gasteiger partial charge in [0, 0.05) is 20.4 Å². The molecule has 122 valence electrons. The van der Waals surface area contributed by atoms with Crippen molar-refractivity contribution in [3.63, 3.8) is 0 Å². The third-order valence-electron chi connectivity index (χ3n) is 3.19. The number of carbonyl (C=O) groups excluding carboxylic acids is 2. The highest BCUT2D eigenvalue weighted by Crippen LogP contribution is 2.24. The average molecular weight is 318 g/mol. The summed E-state index contributed by atoms with van der Waals surface area (Å²) in [6, 6.07) is 6.97. The summed E-state index contributed by atoms with van der Waals surface area (Å²) in [5.74, 6) is -0.566. The molecule has 1 aromatic heterocycles. The molecular formula is C15H18N4O4. The number of primary amides is 1. The van der Waals surface area contributed by atoms with Gasteiger partial charge >= 0.3 is 0 Å². The Labute approximate surface area is 133 Å². The maximum Gasteiger partial charge on any atom is 0.271 e. The highest BCUT2D eigenvalue weighted by Gasteiger charge is 2.23. The number of aromatic nitrogens is 2. The number of ether oxygens (including phenoxy) is 2. The Kier molecular flexibility index (Phi) is 4.97. The minimum atomic E-state index is -0.869. The van der Waals surface area contributed by atoms with Gasteiger partial charge in [-0.15, -0.1) is 0 Å². The van der Waals surface area contributed by atoms with Crippen molar-refractivity contribution in [3.8, 4) is 5.75 Å². The van der Waals surface area contributed by atoms with Crippen LogP contribution >= 0.6 is 0 Å². The van der Waals surface area contributed by atoms with Crippen molar-refractivity contribution in [2.75, 3.05) is 19.5 Å². The van der Waals surface area contributed by atoms with Crippen LogP contribution in [0.5, 0.6) is 5.75 Å². The summed E-state index contributed by atoms with van der Waals surface area (Å²) >= 11 is 0. The number of methoxy groups -OCH3 is 2. The summed E-state index contributed by atoms with van der Waals surface area (Å²) in [4.78, 5) is 23.8. The molecule has 8 nitrogen and oxygen atoms in total. The zero-order valence-corrected chi connectivity index (χ0v) is 13.1. The van der Waals surface area contributed by atoms with E-state index >= 15 is 0 Å². The fraction of sp³-hybridized carbons (Fsp3) is 0.267. The molecule has 2 amide bonds. The largest absolute Gasteiger partial charge is 0.497 e. The minimum absolute atomic E-state index is 0.0126. The van der Waals surface area contributed by atoms with Gasteiger partial charge < -0.3 is 20.5 Å². The summed E-state index contributed by atoms with van der Waals surface area (Å²) in [7, 11) is 4.58. The number of hydrogen-bond acceptors (Lipinski definition) is 5. The molecule has 2 aromatic rings.